The van der Waals surface area contributed by atoms with Crippen molar-refractivity contribution in [2.75, 3.05) is 11.9 Å². The second-order valence-electron chi connectivity index (χ2n) is 10.9. The Bertz CT molecular complexity index is 1440. The van der Waals surface area contributed by atoms with E-state index in [9.17, 15) is 28.8 Å². The Kier molecular flexibility index (Phi) is 7.02. The number of carbonyl (C=O) groups excluding carboxylic acids is 6. The second kappa shape index (κ2) is 10.8. The predicted octanol–water partition coefficient (Wildman–Crippen LogP) is 2.01. The minimum atomic E-state index is -1.08. The summed E-state index contributed by atoms with van der Waals surface area (Å²) in [5.74, 6) is -2.91. The number of nitrogens with zero attached hydrogens (tertiary/aromatic N) is 2. The van der Waals surface area contributed by atoms with Crippen LogP contribution in [0.25, 0.3) is 0 Å². The molecule has 2 aromatic carbocycles. The number of hydrogen-bond donors (Lipinski definition) is 2. The molecule has 6 rings (SSSR count). The third kappa shape index (κ3) is 4.85. The number of esters is 1. The molecule has 4 atom stereocenters. The smallest absolute Gasteiger partial charge is 0.329 e. The fourth-order valence-corrected chi connectivity index (χ4v) is 6.61. The molecule has 2 aromatic rings. The summed E-state index contributed by atoms with van der Waals surface area (Å²) < 4.78 is 5.60. The van der Waals surface area contributed by atoms with Crippen LogP contribution >= 0.6 is 0 Å². The van der Waals surface area contributed by atoms with Crippen LogP contribution in [-0.2, 0) is 30.5 Å². The van der Waals surface area contributed by atoms with Crippen molar-refractivity contribution in [2.24, 2.45) is 5.92 Å². The van der Waals surface area contributed by atoms with E-state index in [1.165, 1.54) is 6.07 Å². The maximum absolute atomic E-state index is 13.6. The summed E-state index contributed by atoms with van der Waals surface area (Å²) in [5, 5.41) is 5.20. The van der Waals surface area contributed by atoms with Crippen LogP contribution in [0.1, 0.15) is 64.8 Å². The largest absolute Gasteiger partial charge is 0.459 e. The van der Waals surface area contributed by atoms with Crippen LogP contribution in [0.15, 0.2) is 48.5 Å². The second-order valence-corrected chi connectivity index (χ2v) is 10.9. The first kappa shape index (κ1) is 26.7. The van der Waals surface area contributed by atoms with E-state index in [0.29, 0.717) is 6.42 Å². The molecule has 11 heteroatoms. The summed E-state index contributed by atoms with van der Waals surface area (Å²) in [4.78, 5) is 79.7. The van der Waals surface area contributed by atoms with Crippen molar-refractivity contribution < 1.29 is 33.5 Å². The molecule has 3 fully saturated rings. The van der Waals surface area contributed by atoms with Gasteiger partial charge in [0.25, 0.3) is 11.8 Å². The van der Waals surface area contributed by atoms with Gasteiger partial charge in [0, 0.05) is 18.2 Å². The number of carbonyl (C=O) groups is 6. The summed E-state index contributed by atoms with van der Waals surface area (Å²) >= 11 is 0. The van der Waals surface area contributed by atoms with Gasteiger partial charge in [-0.15, -0.1) is 0 Å². The lowest BCUT2D eigenvalue weighted by atomic mass is 10.0. The van der Waals surface area contributed by atoms with E-state index in [4.69, 9.17) is 4.74 Å². The van der Waals surface area contributed by atoms with E-state index in [-0.39, 0.29) is 60.7 Å². The zero-order valence-corrected chi connectivity index (χ0v) is 22.3. The van der Waals surface area contributed by atoms with Crippen LogP contribution in [0.5, 0.6) is 0 Å². The molecule has 0 radical (unpaired) electrons. The molecule has 1 aliphatic carbocycles. The van der Waals surface area contributed by atoms with Gasteiger partial charge in [-0.25, -0.2) is 4.79 Å². The standard InChI is InChI=1S/C30H30N4O7/c35-24-13-12-22(27(37)32-24)34-28(38)19-9-5-10-20(26(19)29(34)39)31-15-25(36)33-21-11-4-8-18(21)14-23(33)30(40)41-16-17-6-2-1-3-7-17/h1-3,5-7,9-10,18,21-23,31H,4,8,11-16H2,(H,32,35,37)/t18-,21-,22?,23-/m0/s1. The van der Waals surface area contributed by atoms with Gasteiger partial charge in [-0.05, 0) is 49.3 Å². The van der Waals surface area contributed by atoms with E-state index < -0.39 is 41.7 Å². The Hall–Kier alpha value is -4.54. The number of imide groups is 2. The highest BCUT2D eigenvalue weighted by Gasteiger charge is 2.49. The van der Waals surface area contributed by atoms with Crippen molar-refractivity contribution in [1.29, 1.82) is 0 Å². The highest BCUT2D eigenvalue weighted by molar-refractivity contribution is 6.25. The number of anilines is 1. The lowest BCUT2D eigenvalue weighted by Gasteiger charge is -2.29. The average molecular weight is 559 g/mol. The zero-order chi connectivity index (χ0) is 28.7. The molecule has 2 saturated heterocycles. The molecule has 5 amide bonds. The Morgan fingerprint density at radius 1 is 0.951 bits per heavy atom. The summed E-state index contributed by atoms with van der Waals surface area (Å²) in [6.07, 6.45) is 3.37. The van der Waals surface area contributed by atoms with Crippen LogP contribution in [0.2, 0.25) is 0 Å². The minimum absolute atomic E-state index is 0.0242. The van der Waals surface area contributed by atoms with Crippen LogP contribution in [0, 0.1) is 5.92 Å². The van der Waals surface area contributed by atoms with Crippen molar-refractivity contribution in [3.05, 3.63) is 65.2 Å². The van der Waals surface area contributed by atoms with Crippen LogP contribution < -0.4 is 10.6 Å². The van der Waals surface area contributed by atoms with Crippen LogP contribution in [0.3, 0.4) is 0 Å². The highest BCUT2D eigenvalue weighted by atomic mass is 16.5. The van der Waals surface area contributed by atoms with Crippen LogP contribution in [-0.4, -0.2) is 70.0 Å². The Labute approximate surface area is 236 Å². The van der Waals surface area contributed by atoms with E-state index >= 15 is 0 Å². The number of nitrogens with one attached hydrogen (secondary N) is 2. The van der Waals surface area contributed by atoms with Gasteiger partial charge in [-0.2, -0.15) is 0 Å². The minimum Gasteiger partial charge on any atom is -0.459 e. The monoisotopic (exact) mass is 558 g/mol. The number of piperidine rings is 1. The fourth-order valence-electron chi connectivity index (χ4n) is 6.61. The van der Waals surface area contributed by atoms with E-state index in [1.54, 1.807) is 17.0 Å². The lowest BCUT2D eigenvalue weighted by molar-refractivity contribution is -0.155. The molecule has 2 N–H and O–H groups in total. The Morgan fingerprint density at radius 2 is 1.76 bits per heavy atom. The van der Waals surface area contributed by atoms with E-state index in [1.807, 2.05) is 30.3 Å². The van der Waals surface area contributed by atoms with Gasteiger partial charge in [0.2, 0.25) is 17.7 Å². The molecule has 1 saturated carbocycles. The van der Waals surface area contributed by atoms with Crippen molar-refractivity contribution in [3.8, 4) is 0 Å². The van der Waals surface area contributed by atoms with Crippen molar-refractivity contribution in [3.63, 3.8) is 0 Å². The average Bonchev–Trinajstić information content (AvgIpc) is 3.64. The summed E-state index contributed by atoms with van der Waals surface area (Å²) in [5.41, 5.74) is 1.35. The van der Waals surface area contributed by atoms with Crippen molar-refractivity contribution in [2.45, 2.75) is 63.3 Å². The third-order valence-electron chi connectivity index (χ3n) is 8.52. The molecular weight excluding hydrogens is 528 g/mol. The molecule has 11 nitrogen and oxygen atoms in total. The molecule has 212 valence electrons. The molecule has 1 unspecified atom stereocenters. The van der Waals surface area contributed by atoms with E-state index in [0.717, 1.165) is 29.7 Å². The van der Waals surface area contributed by atoms with Gasteiger partial charge in [0.05, 0.1) is 17.7 Å². The maximum atomic E-state index is 13.6. The van der Waals surface area contributed by atoms with Gasteiger partial charge < -0.3 is 15.0 Å². The lowest BCUT2D eigenvalue weighted by Crippen LogP contribution is -2.54. The number of benzene rings is 2. The number of fused-ring (bicyclic) bond motifs is 2. The van der Waals surface area contributed by atoms with E-state index in [2.05, 4.69) is 10.6 Å². The topological polar surface area (TPSA) is 142 Å². The summed E-state index contributed by atoms with van der Waals surface area (Å²) in [7, 11) is 0. The SMILES string of the molecule is O=C1CCC(N2C(=O)c3cccc(NCC(=O)N4[C@H](C(=O)OCc5ccccc5)C[C@@H]5CCC[C@@H]54)c3C2=O)C(=O)N1. The van der Waals surface area contributed by atoms with Crippen molar-refractivity contribution in [1.82, 2.24) is 15.1 Å². The number of hydrogen-bond acceptors (Lipinski definition) is 8. The zero-order valence-electron chi connectivity index (χ0n) is 22.3. The molecule has 4 aliphatic rings. The van der Waals surface area contributed by atoms with Gasteiger partial charge in [0.1, 0.15) is 18.7 Å². The normalized spacial score (nSPS) is 25.2. The number of amides is 5. The third-order valence-corrected chi connectivity index (χ3v) is 8.52. The molecular formula is C30H30N4O7. The summed E-state index contributed by atoms with van der Waals surface area (Å²) in [6, 6.07) is 12.2. The predicted molar refractivity (Wildman–Crippen MR) is 144 cm³/mol. The first-order chi connectivity index (χ1) is 19.8. The van der Waals surface area contributed by atoms with Gasteiger partial charge in [0.15, 0.2) is 0 Å². The van der Waals surface area contributed by atoms with Gasteiger partial charge >= 0.3 is 5.97 Å². The Morgan fingerprint density at radius 3 is 2.54 bits per heavy atom. The molecule has 0 spiro atoms. The molecule has 41 heavy (non-hydrogen) atoms. The first-order valence-electron chi connectivity index (χ1n) is 13.9. The molecule has 0 aromatic heterocycles. The number of likely N-dealkylation sites (tertiary alicyclic amines) is 1. The highest BCUT2D eigenvalue weighted by Crippen LogP contribution is 2.42. The molecule has 3 heterocycles. The molecule has 3 aliphatic heterocycles. The maximum Gasteiger partial charge on any atom is 0.329 e. The van der Waals surface area contributed by atoms with Crippen molar-refractivity contribution >= 4 is 41.2 Å². The molecule has 0 bridgehead atoms. The fraction of sp³-hybridized carbons (Fsp3) is 0.400. The van der Waals surface area contributed by atoms with Gasteiger partial charge in [-0.1, -0.05) is 42.8 Å². The van der Waals surface area contributed by atoms with Gasteiger partial charge in [-0.3, -0.25) is 34.2 Å². The Balaban J connectivity index is 1.16. The number of ether oxygens (including phenoxy) is 1. The number of rotatable bonds is 7. The quantitative estimate of drug-likeness (QED) is 0.388. The van der Waals surface area contributed by atoms with Crippen LogP contribution in [0.4, 0.5) is 5.69 Å². The summed E-state index contributed by atoms with van der Waals surface area (Å²) in [6.45, 7) is -0.0657. The first-order valence-corrected chi connectivity index (χ1v) is 13.9.